The Morgan fingerprint density at radius 2 is 2.42 bits per heavy atom. The fraction of sp³-hybridized carbons (Fsp3) is 0.900. The molecule has 12 heavy (non-hydrogen) atoms. The molecule has 2 unspecified atom stereocenters. The number of hydrogen-bond acceptors (Lipinski definition) is 2. The summed E-state index contributed by atoms with van der Waals surface area (Å²) in [5, 5.41) is 9.07. The van der Waals surface area contributed by atoms with Gasteiger partial charge < -0.3 is 4.74 Å². The van der Waals surface area contributed by atoms with E-state index >= 15 is 0 Å². The normalized spacial score (nSPS) is 27.9. The molecular formula is C10H17NO. The average molecular weight is 167 g/mol. The van der Waals surface area contributed by atoms with E-state index in [1.165, 1.54) is 0 Å². The standard InChI is InChI=1S/C10H17NO/c1-3-5-10(2,8-11)9-4-6-12-7-9/h9H,3-7H2,1-2H3. The number of hydrogen-bond donors (Lipinski definition) is 0. The zero-order valence-electron chi connectivity index (χ0n) is 7.97. The van der Waals surface area contributed by atoms with Crippen molar-refractivity contribution in [3.63, 3.8) is 0 Å². The molecule has 0 aromatic rings. The second-order valence-corrected chi connectivity index (χ2v) is 3.84. The molecule has 2 heteroatoms. The molecule has 0 saturated carbocycles. The Morgan fingerprint density at radius 1 is 1.67 bits per heavy atom. The van der Waals surface area contributed by atoms with E-state index in [2.05, 4.69) is 19.9 Å². The van der Waals surface area contributed by atoms with E-state index < -0.39 is 0 Å². The van der Waals surface area contributed by atoms with E-state index in [0.717, 1.165) is 32.5 Å². The molecule has 1 aliphatic rings. The fourth-order valence-electron chi connectivity index (χ4n) is 1.91. The van der Waals surface area contributed by atoms with Gasteiger partial charge in [0.25, 0.3) is 0 Å². The highest BCUT2D eigenvalue weighted by Gasteiger charge is 2.35. The minimum absolute atomic E-state index is 0.148. The van der Waals surface area contributed by atoms with E-state index in [0.29, 0.717) is 5.92 Å². The van der Waals surface area contributed by atoms with Gasteiger partial charge in [-0.25, -0.2) is 0 Å². The minimum Gasteiger partial charge on any atom is -0.381 e. The van der Waals surface area contributed by atoms with Gasteiger partial charge in [0.2, 0.25) is 0 Å². The Morgan fingerprint density at radius 3 is 2.83 bits per heavy atom. The van der Waals surface area contributed by atoms with Gasteiger partial charge in [0.05, 0.1) is 18.1 Å². The van der Waals surface area contributed by atoms with E-state index in [1.54, 1.807) is 0 Å². The van der Waals surface area contributed by atoms with Gasteiger partial charge in [0.15, 0.2) is 0 Å². The molecule has 0 amide bonds. The molecule has 68 valence electrons. The van der Waals surface area contributed by atoms with Crippen LogP contribution in [0.5, 0.6) is 0 Å². The van der Waals surface area contributed by atoms with Crippen molar-refractivity contribution in [2.24, 2.45) is 11.3 Å². The smallest absolute Gasteiger partial charge is 0.0690 e. The molecule has 0 bridgehead atoms. The molecule has 0 radical (unpaired) electrons. The Kier molecular flexibility index (Phi) is 3.11. The maximum Gasteiger partial charge on any atom is 0.0690 e. The predicted octanol–water partition coefficient (Wildman–Crippen LogP) is 2.35. The zero-order chi connectivity index (χ0) is 9.03. The molecule has 1 saturated heterocycles. The Bertz CT molecular complexity index is 179. The maximum atomic E-state index is 9.07. The van der Waals surface area contributed by atoms with Crippen LogP contribution in [0.25, 0.3) is 0 Å². The summed E-state index contributed by atoms with van der Waals surface area (Å²) in [7, 11) is 0. The highest BCUT2D eigenvalue weighted by Crippen LogP contribution is 2.36. The number of nitriles is 1. The highest BCUT2D eigenvalue weighted by molar-refractivity contribution is 5.00. The molecular weight excluding hydrogens is 150 g/mol. The second kappa shape index (κ2) is 3.91. The predicted molar refractivity (Wildman–Crippen MR) is 47.6 cm³/mol. The topological polar surface area (TPSA) is 33.0 Å². The average Bonchev–Trinajstić information content (AvgIpc) is 2.57. The van der Waals surface area contributed by atoms with E-state index in [1.807, 2.05) is 0 Å². The first kappa shape index (κ1) is 9.54. The van der Waals surface area contributed by atoms with Crippen LogP contribution < -0.4 is 0 Å². The van der Waals surface area contributed by atoms with Crippen LogP contribution in [-0.4, -0.2) is 13.2 Å². The van der Waals surface area contributed by atoms with Gasteiger partial charge >= 0.3 is 0 Å². The van der Waals surface area contributed by atoms with Gasteiger partial charge in [-0.1, -0.05) is 13.3 Å². The SMILES string of the molecule is CCCC(C)(C#N)C1CCOC1. The van der Waals surface area contributed by atoms with E-state index in [-0.39, 0.29) is 5.41 Å². The fourth-order valence-corrected chi connectivity index (χ4v) is 1.91. The third kappa shape index (κ3) is 1.78. The van der Waals surface area contributed by atoms with Crippen molar-refractivity contribution in [2.75, 3.05) is 13.2 Å². The van der Waals surface area contributed by atoms with Crippen LogP contribution in [0.2, 0.25) is 0 Å². The van der Waals surface area contributed by atoms with Crippen molar-refractivity contribution in [1.82, 2.24) is 0 Å². The summed E-state index contributed by atoms with van der Waals surface area (Å²) in [6.45, 7) is 5.82. The molecule has 1 heterocycles. The van der Waals surface area contributed by atoms with Gasteiger partial charge in [0, 0.05) is 12.5 Å². The van der Waals surface area contributed by atoms with Crippen LogP contribution in [0, 0.1) is 22.7 Å². The molecule has 0 aliphatic carbocycles. The Labute approximate surface area is 74.5 Å². The summed E-state index contributed by atoms with van der Waals surface area (Å²) >= 11 is 0. The molecule has 2 nitrogen and oxygen atoms in total. The summed E-state index contributed by atoms with van der Waals surface area (Å²) in [6.07, 6.45) is 3.14. The zero-order valence-corrected chi connectivity index (χ0v) is 7.97. The van der Waals surface area contributed by atoms with Crippen molar-refractivity contribution >= 4 is 0 Å². The monoisotopic (exact) mass is 167 g/mol. The van der Waals surface area contributed by atoms with Crippen molar-refractivity contribution in [2.45, 2.75) is 33.1 Å². The lowest BCUT2D eigenvalue weighted by atomic mass is 9.75. The largest absolute Gasteiger partial charge is 0.381 e. The molecule has 2 atom stereocenters. The van der Waals surface area contributed by atoms with Crippen LogP contribution in [0.15, 0.2) is 0 Å². The molecule has 0 N–H and O–H groups in total. The van der Waals surface area contributed by atoms with Gasteiger partial charge in [-0.2, -0.15) is 5.26 Å². The van der Waals surface area contributed by atoms with Gasteiger partial charge in [-0.15, -0.1) is 0 Å². The first-order valence-electron chi connectivity index (χ1n) is 4.72. The number of ether oxygens (including phenoxy) is 1. The van der Waals surface area contributed by atoms with Gasteiger partial charge in [-0.3, -0.25) is 0 Å². The summed E-state index contributed by atoms with van der Waals surface area (Å²) in [6, 6.07) is 2.44. The van der Waals surface area contributed by atoms with Gasteiger partial charge in [0.1, 0.15) is 0 Å². The third-order valence-electron chi connectivity index (χ3n) is 2.86. The van der Waals surface area contributed by atoms with Crippen molar-refractivity contribution in [3.05, 3.63) is 0 Å². The first-order chi connectivity index (χ1) is 5.73. The molecule has 0 aromatic heterocycles. The summed E-state index contributed by atoms with van der Waals surface area (Å²) < 4.78 is 5.30. The molecule has 1 rings (SSSR count). The van der Waals surface area contributed by atoms with Crippen LogP contribution >= 0.6 is 0 Å². The lowest BCUT2D eigenvalue weighted by Gasteiger charge is -2.26. The minimum atomic E-state index is -0.148. The third-order valence-corrected chi connectivity index (χ3v) is 2.86. The highest BCUT2D eigenvalue weighted by atomic mass is 16.5. The molecule has 0 aromatic carbocycles. The lowest BCUT2D eigenvalue weighted by molar-refractivity contribution is 0.154. The quantitative estimate of drug-likeness (QED) is 0.646. The van der Waals surface area contributed by atoms with Crippen molar-refractivity contribution in [3.8, 4) is 6.07 Å². The number of rotatable bonds is 3. The summed E-state index contributed by atoms with van der Waals surface area (Å²) in [4.78, 5) is 0. The van der Waals surface area contributed by atoms with E-state index in [9.17, 15) is 0 Å². The van der Waals surface area contributed by atoms with E-state index in [4.69, 9.17) is 10.00 Å². The van der Waals surface area contributed by atoms with Crippen molar-refractivity contribution < 1.29 is 4.74 Å². The van der Waals surface area contributed by atoms with Crippen LogP contribution in [0.1, 0.15) is 33.1 Å². The van der Waals surface area contributed by atoms with Crippen LogP contribution in [0.3, 0.4) is 0 Å². The van der Waals surface area contributed by atoms with Crippen LogP contribution in [-0.2, 0) is 4.74 Å². The molecule has 0 spiro atoms. The van der Waals surface area contributed by atoms with Crippen LogP contribution in [0.4, 0.5) is 0 Å². The lowest BCUT2D eigenvalue weighted by Crippen LogP contribution is -2.25. The molecule has 1 fully saturated rings. The molecule has 1 aliphatic heterocycles. The van der Waals surface area contributed by atoms with Gasteiger partial charge in [-0.05, 0) is 19.8 Å². The Hall–Kier alpha value is -0.550. The Balaban J connectivity index is 2.59. The second-order valence-electron chi connectivity index (χ2n) is 3.84. The van der Waals surface area contributed by atoms with Crippen molar-refractivity contribution in [1.29, 1.82) is 5.26 Å². The first-order valence-corrected chi connectivity index (χ1v) is 4.72. The summed E-state index contributed by atoms with van der Waals surface area (Å²) in [5.74, 6) is 0.461. The maximum absolute atomic E-state index is 9.07. The number of nitrogens with zero attached hydrogens (tertiary/aromatic N) is 1. The summed E-state index contributed by atoms with van der Waals surface area (Å²) in [5.41, 5.74) is -0.148.